The van der Waals surface area contributed by atoms with Gasteiger partial charge in [0.2, 0.25) is 0 Å². The van der Waals surface area contributed by atoms with Gasteiger partial charge in [0, 0.05) is 48.5 Å². The van der Waals surface area contributed by atoms with E-state index >= 15 is 0 Å². The van der Waals surface area contributed by atoms with Gasteiger partial charge in [0.1, 0.15) is 0 Å². The zero-order valence-corrected chi connectivity index (χ0v) is 29.5. The van der Waals surface area contributed by atoms with Crippen LogP contribution < -0.4 is 0 Å². The van der Waals surface area contributed by atoms with Gasteiger partial charge in [-0.1, -0.05) is 100 Å². The topological polar surface area (TPSA) is 25.8 Å². The van der Waals surface area contributed by atoms with Gasteiger partial charge in [0.05, 0.1) is 16.1 Å². The summed E-state index contributed by atoms with van der Waals surface area (Å²) in [6, 6.07) is 8.34. The van der Waals surface area contributed by atoms with E-state index in [9.17, 15) is 0 Å². The fourth-order valence-electron chi connectivity index (χ4n) is 5.63. The van der Waals surface area contributed by atoms with Crippen molar-refractivity contribution in [2.75, 3.05) is 0 Å². The van der Waals surface area contributed by atoms with Gasteiger partial charge in [-0.25, -0.2) is 0 Å². The van der Waals surface area contributed by atoms with Gasteiger partial charge in [-0.05, 0) is 71.9 Å². The van der Waals surface area contributed by atoms with Crippen LogP contribution in [0.2, 0.25) is 39.3 Å². The van der Waals surface area contributed by atoms with Crippen LogP contribution in [0.5, 0.6) is 0 Å². The van der Waals surface area contributed by atoms with E-state index < -0.39 is 16.1 Å². The Hall–Kier alpha value is -0.722. The van der Waals surface area contributed by atoms with Crippen LogP contribution in [0.25, 0.3) is 0 Å². The minimum absolute atomic E-state index is 0. The van der Waals surface area contributed by atoms with Crippen molar-refractivity contribution in [2.45, 2.75) is 52.1 Å². The van der Waals surface area contributed by atoms with E-state index in [-0.39, 0.29) is 49.4 Å². The summed E-state index contributed by atoms with van der Waals surface area (Å²) in [5.41, 5.74) is 5.72. The number of pyridine rings is 2. The molecule has 0 spiro atoms. The molecule has 0 bridgehead atoms. The summed E-state index contributed by atoms with van der Waals surface area (Å²) >= 11 is 0. The third-order valence-electron chi connectivity index (χ3n) is 7.61. The average molecular weight is 709 g/mol. The number of nitrogens with zero attached hydrogens (tertiary/aromatic N) is 2. The average Bonchev–Trinajstić information content (AvgIpc) is 3.50. The molecule has 0 saturated heterocycles. The third kappa shape index (κ3) is 8.26. The Morgan fingerprint density at radius 3 is 1.22 bits per heavy atom. The van der Waals surface area contributed by atoms with Gasteiger partial charge >= 0.3 is 49.4 Å². The SMILES string of the molecule is C[Si](C)(C)[C]1[CH][C](Cc2cccnc2)[C]2C=CC=C[C]21.C[Si](C)(C)[C]1[CH][C](Cc2cccnc2)[C]2C=CC=C[C]21.[Eu+2]. The molecule has 2 aromatic rings. The molecule has 0 aromatic carbocycles. The molecule has 0 amide bonds. The van der Waals surface area contributed by atoms with Crippen molar-refractivity contribution in [1.29, 1.82) is 0 Å². The zero-order chi connectivity index (χ0) is 28.3. The first-order chi connectivity index (χ1) is 19.1. The van der Waals surface area contributed by atoms with Gasteiger partial charge in [0.15, 0.2) is 0 Å². The molecule has 0 aliphatic heterocycles. The van der Waals surface area contributed by atoms with Crippen molar-refractivity contribution in [1.82, 2.24) is 9.97 Å². The monoisotopic (exact) mass is 709 g/mol. The summed E-state index contributed by atoms with van der Waals surface area (Å²) in [5, 5.41) is 0. The maximum atomic E-state index is 4.23. The summed E-state index contributed by atoms with van der Waals surface area (Å²) < 4.78 is 0. The molecule has 0 atom stereocenters. The Morgan fingerprint density at radius 1 is 0.537 bits per heavy atom. The third-order valence-corrected chi connectivity index (χ3v) is 11.7. The van der Waals surface area contributed by atoms with Crippen molar-refractivity contribution in [3.63, 3.8) is 0 Å². The molecule has 207 valence electrons. The molecule has 2 nitrogen and oxygen atoms in total. The summed E-state index contributed by atoms with van der Waals surface area (Å²) in [6.07, 6.45) is 32.1. The van der Waals surface area contributed by atoms with Crippen LogP contribution in [0.3, 0.4) is 0 Å². The number of rotatable bonds is 6. The zero-order valence-electron chi connectivity index (χ0n) is 25.1. The predicted octanol–water partition coefficient (Wildman–Crippen LogP) is 8.29. The maximum Gasteiger partial charge on any atom is 2.00 e. The van der Waals surface area contributed by atoms with Crippen LogP contribution in [-0.2, 0) is 12.8 Å². The van der Waals surface area contributed by atoms with Crippen molar-refractivity contribution >= 4 is 16.1 Å². The van der Waals surface area contributed by atoms with E-state index in [2.05, 4.69) is 123 Å². The largest absolute Gasteiger partial charge is 2.00 e. The minimum Gasteiger partial charge on any atom is -0.264 e. The molecular formula is C36H40EuN2Si2+2. The molecule has 0 N–H and O–H groups in total. The minimum atomic E-state index is -1.31. The van der Waals surface area contributed by atoms with Crippen LogP contribution in [-0.4, -0.2) is 26.1 Å². The summed E-state index contributed by atoms with van der Waals surface area (Å²) in [5.74, 6) is 8.59. The Morgan fingerprint density at radius 2 is 0.902 bits per heavy atom. The quantitative estimate of drug-likeness (QED) is 0.283. The number of fused-ring (bicyclic) bond motifs is 2. The van der Waals surface area contributed by atoms with Crippen molar-refractivity contribution in [3.8, 4) is 0 Å². The molecule has 2 saturated carbocycles. The number of aromatic nitrogens is 2. The van der Waals surface area contributed by atoms with E-state index in [1.807, 2.05) is 36.9 Å². The second kappa shape index (κ2) is 14.4. The van der Waals surface area contributed by atoms with Crippen molar-refractivity contribution in [2.24, 2.45) is 0 Å². The second-order valence-electron chi connectivity index (χ2n) is 12.8. The molecule has 5 heteroatoms. The smallest absolute Gasteiger partial charge is 0.264 e. The first-order valence-corrected chi connectivity index (χ1v) is 21.2. The van der Waals surface area contributed by atoms with Gasteiger partial charge < -0.3 is 0 Å². The van der Waals surface area contributed by atoms with Crippen LogP contribution in [0, 0.1) is 109 Å². The molecule has 2 heterocycles. The fraction of sp³-hybridized carbons (Fsp3) is 0.222. The summed E-state index contributed by atoms with van der Waals surface area (Å²) in [4.78, 5) is 8.45. The summed E-state index contributed by atoms with van der Waals surface area (Å²) in [6.45, 7) is 14.5. The number of allylic oxidation sites excluding steroid dienone is 8. The molecular weight excluding hydrogens is 669 g/mol. The first kappa shape index (κ1) is 33.2. The van der Waals surface area contributed by atoms with E-state index in [0.29, 0.717) is 0 Å². The van der Waals surface area contributed by atoms with Gasteiger partial charge in [-0.15, -0.1) is 0 Å². The Labute approximate surface area is 292 Å². The molecule has 2 fully saturated rings. The maximum absolute atomic E-state index is 4.23. The van der Waals surface area contributed by atoms with Crippen LogP contribution in [0.1, 0.15) is 11.1 Å². The Balaban J connectivity index is 0.000000184. The van der Waals surface area contributed by atoms with E-state index in [1.54, 1.807) is 11.1 Å². The second-order valence-corrected chi connectivity index (χ2v) is 22.9. The van der Waals surface area contributed by atoms with E-state index in [4.69, 9.17) is 0 Å². The normalized spacial score (nSPS) is 21.0. The van der Waals surface area contributed by atoms with Gasteiger partial charge in [-0.3, -0.25) is 9.97 Å². The molecule has 4 aliphatic rings. The van der Waals surface area contributed by atoms with E-state index in [0.717, 1.165) is 12.8 Å². The molecule has 0 unspecified atom stereocenters. The van der Waals surface area contributed by atoms with Crippen molar-refractivity contribution < 1.29 is 49.4 Å². The fourth-order valence-corrected chi connectivity index (χ4v) is 8.90. The Bertz CT molecular complexity index is 1130. The van der Waals surface area contributed by atoms with Crippen LogP contribution in [0.4, 0.5) is 0 Å². The molecule has 11 radical (unpaired) electrons. The predicted molar refractivity (Wildman–Crippen MR) is 174 cm³/mol. The Kier molecular flexibility index (Phi) is 11.6. The van der Waals surface area contributed by atoms with Gasteiger partial charge in [0.25, 0.3) is 0 Å². The van der Waals surface area contributed by atoms with Crippen LogP contribution >= 0.6 is 0 Å². The molecule has 6 rings (SSSR count). The number of hydrogen-bond acceptors (Lipinski definition) is 2. The molecule has 41 heavy (non-hydrogen) atoms. The first-order valence-electron chi connectivity index (χ1n) is 14.2. The summed E-state index contributed by atoms with van der Waals surface area (Å²) in [7, 11) is -2.62. The molecule has 2 aromatic heterocycles. The standard InChI is InChI=1S/2C18H20NSi.Eu/c2*1-20(2,3)18-12-15(11-14-7-6-10-19-13-14)16-8-4-5-9-17(16)18;/h2*4-10,12-13H,11H2,1-3H3;/q;;+2. The van der Waals surface area contributed by atoms with Crippen molar-refractivity contribution in [3.05, 3.63) is 168 Å². The molecule has 4 aliphatic carbocycles. The van der Waals surface area contributed by atoms with E-state index in [1.165, 1.54) is 46.6 Å². The number of hydrogen-bond donors (Lipinski definition) is 0. The van der Waals surface area contributed by atoms with Crippen LogP contribution in [0.15, 0.2) is 97.7 Å². The van der Waals surface area contributed by atoms with Gasteiger partial charge in [-0.2, -0.15) is 0 Å².